The van der Waals surface area contributed by atoms with Gasteiger partial charge in [-0.05, 0) is 29.2 Å². The number of urea groups is 1. The van der Waals surface area contributed by atoms with Crippen molar-refractivity contribution in [2.45, 2.75) is 19.4 Å². The van der Waals surface area contributed by atoms with Crippen LogP contribution in [0.1, 0.15) is 18.4 Å². The molecule has 1 fully saturated rings. The summed E-state index contributed by atoms with van der Waals surface area (Å²) in [5.74, 6) is -0.000545. The fourth-order valence-corrected chi connectivity index (χ4v) is 3.12. The summed E-state index contributed by atoms with van der Waals surface area (Å²) in [6, 6.07) is 14.0. The molecular weight excluding hydrogens is 302 g/mol. The van der Waals surface area contributed by atoms with E-state index in [1.165, 1.54) is 0 Å². The first-order chi connectivity index (χ1) is 11.6. The third-order valence-corrected chi connectivity index (χ3v) is 4.48. The first kappa shape index (κ1) is 16.3. The Morgan fingerprint density at radius 1 is 1.08 bits per heavy atom. The highest BCUT2D eigenvalue weighted by atomic mass is 16.2. The van der Waals surface area contributed by atoms with Gasteiger partial charge in [-0.2, -0.15) is 0 Å². The molecule has 5 nitrogen and oxygen atoms in total. The maximum Gasteiger partial charge on any atom is 0.317 e. The topological polar surface area (TPSA) is 52.7 Å². The number of amides is 3. The van der Waals surface area contributed by atoms with Crippen LogP contribution < -0.4 is 5.32 Å². The molecule has 1 heterocycles. The van der Waals surface area contributed by atoms with E-state index in [0.29, 0.717) is 6.54 Å². The quantitative estimate of drug-likeness (QED) is 0.939. The third-order valence-electron chi connectivity index (χ3n) is 4.48. The van der Waals surface area contributed by atoms with E-state index in [4.69, 9.17) is 0 Å². The van der Waals surface area contributed by atoms with Gasteiger partial charge >= 0.3 is 6.03 Å². The number of benzene rings is 2. The molecule has 24 heavy (non-hydrogen) atoms. The van der Waals surface area contributed by atoms with E-state index in [9.17, 15) is 9.59 Å². The first-order valence-corrected chi connectivity index (χ1v) is 8.38. The van der Waals surface area contributed by atoms with Crippen LogP contribution in [0.3, 0.4) is 0 Å². The van der Waals surface area contributed by atoms with Crippen LogP contribution in [-0.2, 0) is 11.3 Å². The summed E-state index contributed by atoms with van der Waals surface area (Å²) in [6.07, 6.45) is 2.11. The number of hydrogen-bond donors (Lipinski definition) is 1. The van der Waals surface area contributed by atoms with Crippen molar-refractivity contribution in [1.29, 1.82) is 0 Å². The van der Waals surface area contributed by atoms with Crippen molar-refractivity contribution in [2.24, 2.45) is 0 Å². The minimum absolute atomic E-state index is 0.000545. The monoisotopic (exact) mass is 325 g/mol. The van der Waals surface area contributed by atoms with Crippen molar-refractivity contribution in [3.8, 4) is 0 Å². The first-order valence-electron chi connectivity index (χ1n) is 8.38. The third kappa shape index (κ3) is 3.67. The molecule has 2 aromatic rings. The zero-order chi connectivity index (χ0) is 16.9. The Morgan fingerprint density at radius 2 is 1.79 bits per heavy atom. The molecular formula is C19H23N3O2. The number of nitrogens with one attached hydrogen (secondary N) is 1. The van der Waals surface area contributed by atoms with Gasteiger partial charge < -0.3 is 15.1 Å². The van der Waals surface area contributed by atoms with Crippen molar-refractivity contribution < 1.29 is 9.59 Å². The molecule has 0 aromatic heterocycles. The Kier molecular flexibility index (Phi) is 4.99. The number of carbonyl (C=O) groups excluding carboxylic acids is 2. The summed E-state index contributed by atoms with van der Waals surface area (Å²) in [4.78, 5) is 27.7. The number of carbonyl (C=O) groups is 2. The summed E-state index contributed by atoms with van der Waals surface area (Å²) in [5.41, 5.74) is 1.09. The smallest absolute Gasteiger partial charge is 0.317 e. The summed E-state index contributed by atoms with van der Waals surface area (Å²) in [6.45, 7) is 2.19. The van der Waals surface area contributed by atoms with Gasteiger partial charge in [0.25, 0.3) is 0 Å². The molecule has 1 aliphatic heterocycles. The van der Waals surface area contributed by atoms with Crippen LogP contribution in [0, 0.1) is 0 Å². The summed E-state index contributed by atoms with van der Waals surface area (Å²) in [5, 5.41) is 5.03. The van der Waals surface area contributed by atoms with Crippen LogP contribution in [0.4, 0.5) is 4.79 Å². The van der Waals surface area contributed by atoms with E-state index < -0.39 is 0 Å². The van der Waals surface area contributed by atoms with Gasteiger partial charge in [-0.3, -0.25) is 4.79 Å². The normalized spacial score (nSPS) is 14.0. The van der Waals surface area contributed by atoms with Gasteiger partial charge in [0.2, 0.25) is 5.91 Å². The summed E-state index contributed by atoms with van der Waals surface area (Å²) >= 11 is 0. The minimum atomic E-state index is -0.226. The maximum atomic E-state index is 12.2. The Morgan fingerprint density at radius 3 is 2.58 bits per heavy atom. The number of nitrogens with zero attached hydrogens (tertiary/aromatic N) is 2. The van der Waals surface area contributed by atoms with Gasteiger partial charge in [0.15, 0.2) is 0 Å². The molecule has 3 rings (SSSR count). The van der Waals surface area contributed by atoms with Crippen LogP contribution in [0.5, 0.6) is 0 Å². The number of likely N-dealkylation sites (tertiary alicyclic amines) is 1. The van der Waals surface area contributed by atoms with Crippen molar-refractivity contribution in [2.75, 3.05) is 26.7 Å². The lowest BCUT2D eigenvalue weighted by molar-refractivity contribution is -0.129. The van der Waals surface area contributed by atoms with Crippen molar-refractivity contribution in [3.05, 3.63) is 48.0 Å². The fraction of sp³-hybridized carbons (Fsp3) is 0.368. The van der Waals surface area contributed by atoms with Gasteiger partial charge in [0, 0.05) is 26.7 Å². The predicted octanol–water partition coefficient (Wildman–Crippen LogP) is 2.60. The number of hydrogen-bond acceptors (Lipinski definition) is 2. The zero-order valence-electron chi connectivity index (χ0n) is 14.0. The second-order valence-electron chi connectivity index (χ2n) is 6.24. The second-order valence-corrected chi connectivity index (χ2v) is 6.24. The zero-order valence-corrected chi connectivity index (χ0v) is 14.0. The van der Waals surface area contributed by atoms with E-state index in [0.717, 1.165) is 42.3 Å². The minimum Gasteiger partial charge on any atom is -0.341 e. The van der Waals surface area contributed by atoms with E-state index >= 15 is 0 Å². The highest BCUT2D eigenvalue weighted by molar-refractivity contribution is 5.87. The standard InChI is InChI=1S/C19H23N3O2/c1-21(19(24)20-13-18(23)22-11-4-5-12-22)14-16-9-6-8-15-7-2-3-10-17(15)16/h2-3,6-10H,4-5,11-14H2,1H3,(H,20,24). The van der Waals surface area contributed by atoms with Crippen molar-refractivity contribution in [1.82, 2.24) is 15.1 Å². The van der Waals surface area contributed by atoms with E-state index in [-0.39, 0.29) is 18.5 Å². The lowest BCUT2D eigenvalue weighted by Gasteiger charge is -2.20. The van der Waals surface area contributed by atoms with Gasteiger partial charge in [0.05, 0.1) is 6.54 Å². The molecule has 0 radical (unpaired) electrons. The lowest BCUT2D eigenvalue weighted by Crippen LogP contribution is -2.43. The van der Waals surface area contributed by atoms with E-state index in [1.54, 1.807) is 11.9 Å². The highest BCUT2D eigenvalue weighted by Crippen LogP contribution is 2.19. The molecule has 1 aliphatic rings. The lowest BCUT2D eigenvalue weighted by atomic mass is 10.0. The molecule has 0 aliphatic carbocycles. The molecule has 5 heteroatoms. The molecule has 0 unspecified atom stereocenters. The van der Waals surface area contributed by atoms with Crippen molar-refractivity contribution >= 4 is 22.7 Å². The Balaban J connectivity index is 1.58. The molecule has 0 bridgehead atoms. The highest BCUT2D eigenvalue weighted by Gasteiger charge is 2.19. The molecule has 126 valence electrons. The molecule has 2 aromatic carbocycles. The molecule has 0 atom stereocenters. The fourth-order valence-electron chi connectivity index (χ4n) is 3.12. The van der Waals surface area contributed by atoms with Crippen LogP contribution >= 0.6 is 0 Å². The van der Waals surface area contributed by atoms with Crippen LogP contribution in [0.15, 0.2) is 42.5 Å². The summed E-state index contributed by atoms with van der Waals surface area (Å²) in [7, 11) is 1.75. The van der Waals surface area contributed by atoms with E-state index in [2.05, 4.69) is 23.5 Å². The van der Waals surface area contributed by atoms with Gasteiger partial charge in [-0.15, -0.1) is 0 Å². The largest absolute Gasteiger partial charge is 0.341 e. The Bertz CT molecular complexity index is 733. The molecule has 1 saturated heterocycles. The molecule has 0 saturated carbocycles. The van der Waals surface area contributed by atoms with E-state index in [1.807, 2.05) is 29.2 Å². The summed E-state index contributed by atoms with van der Waals surface area (Å²) < 4.78 is 0. The Hall–Kier alpha value is -2.56. The predicted molar refractivity (Wildman–Crippen MR) is 94.6 cm³/mol. The second kappa shape index (κ2) is 7.34. The van der Waals surface area contributed by atoms with Crippen LogP contribution in [0.25, 0.3) is 10.8 Å². The van der Waals surface area contributed by atoms with Gasteiger partial charge in [0.1, 0.15) is 0 Å². The molecule has 1 N–H and O–H groups in total. The van der Waals surface area contributed by atoms with Crippen molar-refractivity contribution in [3.63, 3.8) is 0 Å². The average molecular weight is 325 g/mol. The SMILES string of the molecule is CN(Cc1cccc2ccccc12)C(=O)NCC(=O)N1CCCC1. The maximum absolute atomic E-state index is 12.2. The van der Waals surface area contributed by atoms with Gasteiger partial charge in [-0.1, -0.05) is 42.5 Å². The Labute approximate surface area is 142 Å². The average Bonchev–Trinajstić information content (AvgIpc) is 3.14. The van der Waals surface area contributed by atoms with Gasteiger partial charge in [-0.25, -0.2) is 4.79 Å². The van der Waals surface area contributed by atoms with Crippen LogP contribution in [0.2, 0.25) is 0 Å². The van der Waals surface area contributed by atoms with Crippen LogP contribution in [-0.4, -0.2) is 48.4 Å². The number of fused-ring (bicyclic) bond motifs is 1. The number of rotatable bonds is 4. The molecule has 3 amide bonds. The molecule has 0 spiro atoms.